The van der Waals surface area contributed by atoms with Crippen molar-refractivity contribution >= 4 is 27.9 Å². The number of nitrogens with zero attached hydrogens (tertiary/aromatic N) is 1. The molecule has 0 spiro atoms. The highest BCUT2D eigenvalue weighted by molar-refractivity contribution is 7.88. The summed E-state index contributed by atoms with van der Waals surface area (Å²) in [5.41, 5.74) is -1.55. The quantitative estimate of drug-likeness (QED) is 0.154. The van der Waals surface area contributed by atoms with Crippen LogP contribution in [0, 0.1) is 6.92 Å². The Bertz CT molecular complexity index is 1550. The Balaban J connectivity index is 1.78. The van der Waals surface area contributed by atoms with Gasteiger partial charge in [0.2, 0.25) is 0 Å². The summed E-state index contributed by atoms with van der Waals surface area (Å²) in [6, 6.07) is 17.9. The lowest BCUT2D eigenvalue weighted by Gasteiger charge is -2.48. The van der Waals surface area contributed by atoms with Crippen molar-refractivity contribution < 1.29 is 40.0 Å². The number of hydrogen-bond donors (Lipinski definition) is 0. The predicted octanol–water partition coefficient (Wildman–Crippen LogP) is 5.74. The van der Waals surface area contributed by atoms with E-state index in [9.17, 15) is 26.4 Å². The van der Waals surface area contributed by atoms with E-state index in [0.29, 0.717) is 18.7 Å². The van der Waals surface area contributed by atoms with Gasteiger partial charge in [0.25, 0.3) is 0 Å². The van der Waals surface area contributed by atoms with Crippen LogP contribution in [0.3, 0.4) is 0 Å². The minimum absolute atomic E-state index is 0.233. The number of rotatable bonds is 7. The van der Waals surface area contributed by atoms with E-state index in [1.165, 1.54) is 26.2 Å². The summed E-state index contributed by atoms with van der Waals surface area (Å²) in [6.07, 6.45) is 3.64. The second kappa shape index (κ2) is 10.9. The van der Waals surface area contributed by atoms with Crippen molar-refractivity contribution in [3.63, 3.8) is 0 Å². The number of halogens is 3. The summed E-state index contributed by atoms with van der Waals surface area (Å²) in [5.74, 6) is -0.143. The zero-order chi connectivity index (χ0) is 29.3. The fourth-order valence-corrected chi connectivity index (χ4v) is 5.41. The van der Waals surface area contributed by atoms with Crippen LogP contribution >= 0.6 is 0 Å². The number of fused-ring (bicyclic) bond motifs is 1. The average Bonchev–Trinajstić information content (AvgIpc) is 2.92. The molecule has 3 aromatic rings. The highest BCUT2D eigenvalue weighted by Gasteiger charge is 2.49. The fraction of sp³-hybridized carbons (Fsp3) is 0.276. The van der Waals surface area contributed by atoms with E-state index in [1.54, 1.807) is 25.3 Å². The van der Waals surface area contributed by atoms with E-state index in [2.05, 4.69) is 13.8 Å². The second-order valence-corrected chi connectivity index (χ2v) is 10.9. The Morgan fingerprint density at radius 1 is 1.02 bits per heavy atom. The van der Waals surface area contributed by atoms with Crippen molar-refractivity contribution in [2.24, 2.45) is 0 Å². The third-order valence-corrected chi connectivity index (χ3v) is 7.99. The lowest BCUT2D eigenvalue weighted by atomic mass is 9.76. The average molecular weight is 576 g/mol. The normalized spacial score (nSPS) is 17.4. The van der Waals surface area contributed by atoms with E-state index in [0.717, 1.165) is 28.0 Å². The first kappa shape index (κ1) is 29.0. The molecular formula is C29H28F3NO6S. The van der Waals surface area contributed by atoms with Crippen molar-refractivity contribution in [1.82, 2.24) is 0 Å². The van der Waals surface area contributed by atoms with Gasteiger partial charge in [-0.2, -0.15) is 21.6 Å². The van der Waals surface area contributed by atoms with E-state index >= 15 is 0 Å². The molecule has 0 saturated heterocycles. The third kappa shape index (κ3) is 5.51. The van der Waals surface area contributed by atoms with Crippen LogP contribution in [0.5, 0.6) is 11.5 Å². The molecule has 4 rings (SSSR count). The first-order chi connectivity index (χ1) is 18.8. The van der Waals surface area contributed by atoms with E-state index in [4.69, 9.17) is 4.74 Å². The molecule has 0 N–H and O–H groups in total. The van der Waals surface area contributed by atoms with Crippen LogP contribution in [0.4, 0.5) is 18.9 Å². The van der Waals surface area contributed by atoms with Gasteiger partial charge in [0.05, 0.1) is 19.8 Å². The summed E-state index contributed by atoms with van der Waals surface area (Å²) in [7, 11) is -2.90. The van der Waals surface area contributed by atoms with Crippen LogP contribution in [-0.4, -0.2) is 40.7 Å². The fourth-order valence-electron chi connectivity index (χ4n) is 4.89. The molecule has 1 heterocycles. The zero-order valence-electron chi connectivity index (χ0n) is 22.3. The van der Waals surface area contributed by atoms with Crippen LogP contribution in [0.1, 0.15) is 34.7 Å². The van der Waals surface area contributed by atoms with Crippen molar-refractivity contribution in [1.29, 1.82) is 0 Å². The lowest BCUT2D eigenvalue weighted by Crippen LogP contribution is -2.49. The molecule has 1 aliphatic rings. The number of carbonyl (C=O) groups excluding carboxylic acids is 1. The van der Waals surface area contributed by atoms with Crippen LogP contribution in [0.15, 0.2) is 66.7 Å². The standard InChI is InChI=1S/C29H28F3NO6S/c1-19-17-23(10-13-26(19)39-40(35,36)29(30,31)32)33-16-15-21-18-24(37-3)11-12-25(21)28(33,2)22-8-5-20(6-9-22)7-14-27(34)38-4/h5-14,17-18H,15-16H2,1-4H3/b14-7+. The number of benzene rings is 3. The summed E-state index contributed by atoms with van der Waals surface area (Å²) in [5, 5.41) is 0. The Labute approximate surface area is 230 Å². The minimum atomic E-state index is -5.80. The van der Waals surface area contributed by atoms with Crippen LogP contribution < -0.4 is 13.8 Å². The molecule has 0 amide bonds. The van der Waals surface area contributed by atoms with Crippen LogP contribution in [-0.2, 0) is 31.6 Å². The smallest absolute Gasteiger partial charge is 0.497 e. The Morgan fingerprint density at radius 2 is 1.73 bits per heavy atom. The Hall–Kier alpha value is -3.99. The zero-order valence-corrected chi connectivity index (χ0v) is 23.1. The van der Waals surface area contributed by atoms with Gasteiger partial charge in [-0.3, -0.25) is 0 Å². The number of ether oxygens (including phenoxy) is 2. The molecule has 0 bridgehead atoms. The monoisotopic (exact) mass is 575 g/mol. The summed E-state index contributed by atoms with van der Waals surface area (Å²) >= 11 is 0. The molecule has 0 aromatic heterocycles. The first-order valence-electron chi connectivity index (χ1n) is 12.2. The highest BCUT2D eigenvalue weighted by atomic mass is 32.2. The van der Waals surface area contributed by atoms with Gasteiger partial charge < -0.3 is 18.6 Å². The molecule has 0 aliphatic carbocycles. The maximum atomic E-state index is 12.9. The number of carbonyl (C=O) groups is 1. The van der Waals surface area contributed by atoms with Gasteiger partial charge in [0.1, 0.15) is 11.5 Å². The summed E-state index contributed by atoms with van der Waals surface area (Å²) in [6.45, 7) is 4.10. The maximum absolute atomic E-state index is 12.9. The van der Waals surface area contributed by atoms with Crippen molar-refractivity contribution in [2.45, 2.75) is 31.3 Å². The number of hydrogen-bond acceptors (Lipinski definition) is 7. The van der Waals surface area contributed by atoms with Gasteiger partial charge in [-0.15, -0.1) is 0 Å². The Morgan fingerprint density at radius 3 is 2.33 bits per heavy atom. The molecule has 1 atom stereocenters. The number of anilines is 1. The maximum Gasteiger partial charge on any atom is 0.534 e. The van der Waals surface area contributed by atoms with Crippen molar-refractivity contribution in [2.75, 3.05) is 25.7 Å². The molecule has 7 nitrogen and oxygen atoms in total. The van der Waals surface area contributed by atoms with Crippen molar-refractivity contribution in [3.05, 3.63) is 94.6 Å². The lowest BCUT2D eigenvalue weighted by molar-refractivity contribution is -0.134. The highest BCUT2D eigenvalue weighted by Crippen LogP contribution is 2.45. The SMILES string of the molecule is COC(=O)/C=C/c1ccc(C2(C)c3ccc(OC)cc3CCN2c2ccc(OS(=O)(=O)C(F)(F)F)c(C)c2)cc1. The van der Waals surface area contributed by atoms with Crippen LogP contribution in [0.25, 0.3) is 6.08 Å². The number of methoxy groups -OCH3 is 2. The van der Waals surface area contributed by atoms with Crippen molar-refractivity contribution in [3.8, 4) is 11.5 Å². The van der Waals surface area contributed by atoms with Gasteiger partial charge in [-0.05, 0) is 84.5 Å². The molecule has 40 heavy (non-hydrogen) atoms. The van der Waals surface area contributed by atoms with E-state index < -0.39 is 32.9 Å². The molecule has 212 valence electrons. The number of alkyl halides is 3. The molecule has 0 radical (unpaired) electrons. The third-order valence-electron chi connectivity index (χ3n) is 7.02. The molecule has 3 aromatic carbocycles. The molecule has 1 aliphatic heterocycles. The van der Waals surface area contributed by atoms with Gasteiger partial charge in [0.15, 0.2) is 0 Å². The molecule has 0 fully saturated rings. The van der Waals surface area contributed by atoms with Gasteiger partial charge >= 0.3 is 21.6 Å². The summed E-state index contributed by atoms with van der Waals surface area (Å²) < 4.78 is 76.3. The molecule has 0 saturated carbocycles. The van der Waals surface area contributed by atoms with Gasteiger partial charge in [-0.1, -0.05) is 30.3 Å². The van der Waals surface area contributed by atoms with Crippen LogP contribution in [0.2, 0.25) is 0 Å². The van der Waals surface area contributed by atoms with Gasteiger partial charge in [-0.25, -0.2) is 4.79 Å². The number of aryl methyl sites for hydroxylation is 1. The topological polar surface area (TPSA) is 82.1 Å². The first-order valence-corrected chi connectivity index (χ1v) is 13.6. The molecular weight excluding hydrogens is 547 g/mol. The summed E-state index contributed by atoms with van der Waals surface area (Å²) in [4.78, 5) is 13.6. The van der Waals surface area contributed by atoms with Gasteiger partial charge in [0, 0.05) is 18.3 Å². The minimum Gasteiger partial charge on any atom is -0.497 e. The van der Waals surface area contributed by atoms with E-state index in [-0.39, 0.29) is 5.56 Å². The molecule has 1 unspecified atom stereocenters. The molecule has 11 heteroatoms. The number of esters is 1. The largest absolute Gasteiger partial charge is 0.534 e. The Kier molecular flexibility index (Phi) is 7.89. The second-order valence-electron chi connectivity index (χ2n) is 9.41. The van der Waals surface area contributed by atoms with E-state index in [1.807, 2.05) is 49.4 Å². The predicted molar refractivity (Wildman–Crippen MR) is 145 cm³/mol.